The van der Waals surface area contributed by atoms with Crippen LogP contribution in [-0.2, 0) is 0 Å². The lowest BCUT2D eigenvalue weighted by molar-refractivity contribution is 0.0963. The molecule has 0 aliphatic carbocycles. The van der Waals surface area contributed by atoms with Crippen molar-refractivity contribution in [3.8, 4) is 0 Å². The van der Waals surface area contributed by atoms with Crippen LogP contribution in [0.5, 0.6) is 0 Å². The molecule has 1 N–H and O–H groups in total. The lowest BCUT2D eigenvalue weighted by atomic mass is 10.1. The highest BCUT2D eigenvalue weighted by atomic mass is 16.3. The van der Waals surface area contributed by atoms with Gasteiger partial charge in [0.05, 0.1) is 0 Å². The van der Waals surface area contributed by atoms with Crippen molar-refractivity contribution >= 4 is 16.9 Å². The molecule has 0 aliphatic heterocycles. The molecule has 1 amide bonds. The van der Waals surface area contributed by atoms with Gasteiger partial charge in [-0.25, -0.2) is 0 Å². The highest BCUT2D eigenvalue weighted by Crippen LogP contribution is 2.19. The van der Waals surface area contributed by atoms with E-state index < -0.39 is 0 Å². The molecule has 0 saturated heterocycles. The van der Waals surface area contributed by atoms with Gasteiger partial charge >= 0.3 is 0 Å². The van der Waals surface area contributed by atoms with Gasteiger partial charge in [-0.3, -0.25) is 4.79 Å². The van der Waals surface area contributed by atoms with Crippen LogP contribution in [0, 0.1) is 6.92 Å². The van der Waals surface area contributed by atoms with E-state index in [-0.39, 0.29) is 5.91 Å². The first-order valence-corrected chi connectivity index (χ1v) is 4.43. The Kier molecular flexibility index (Phi) is 2.00. The minimum atomic E-state index is -0.0780. The fourth-order valence-electron chi connectivity index (χ4n) is 1.46. The van der Waals surface area contributed by atoms with Crippen LogP contribution >= 0.6 is 0 Å². The van der Waals surface area contributed by atoms with Crippen molar-refractivity contribution in [3.63, 3.8) is 0 Å². The summed E-state index contributed by atoms with van der Waals surface area (Å²) in [6.45, 7) is 1.89. The molecule has 0 fully saturated rings. The summed E-state index contributed by atoms with van der Waals surface area (Å²) < 4.78 is 5.40. The Morgan fingerprint density at radius 3 is 2.86 bits per heavy atom. The summed E-state index contributed by atoms with van der Waals surface area (Å²) in [4.78, 5) is 11.3. The second kappa shape index (κ2) is 3.18. The first kappa shape index (κ1) is 8.81. The average Bonchev–Trinajstić information content (AvgIpc) is 2.55. The number of carbonyl (C=O) groups excluding carboxylic acids is 1. The molecule has 0 unspecified atom stereocenters. The number of nitrogens with one attached hydrogen (secondary N) is 1. The van der Waals surface area contributed by atoms with E-state index in [4.69, 9.17) is 4.42 Å². The van der Waals surface area contributed by atoms with Crippen molar-refractivity contribution in [2.45, 2.75) is 6.92 Å². The molecule has 0 bridgehead atoms. The third kappa shape index (κ3) is 1.37. The maximum Gasteiger partial charge on any atom is 0.251 e. The largest absolute Gasteiger partial charge is 0.461 e. The number of carbonyl (C=O) groups is 1. The van der Waals surface area contributed by atoms with Gasteiger partial charge in [-0.1, -0.05) is 0 Å². The van der Waals surface area contributed by atoms with Gasteiger partial charge < -0.3 is 9.73 Å². The SMILES string of the molecule is CNC(=O)c1ccc2oc(C)cc2c1. The van der Waals surface area contributed by atoms with E-state index >= 15 is 0 Å². The maximum absolute atomic E-state index is 11.3. The third-order valence-corrected chi connectivity index (χ3v) is 2.13. The van der Waals surface area contributed by atoms with Crippen molar-refractivity contribution in [3.05, 3.63) is 35.6 Å². The molecule has 3 heteroatoms. The van der Waals surface area contributed by atoms with Crippen molar-refractivity contribution in [1.82, 2.24) is 5.32 Å². The van der Waals surface area contributed by atoms with E-state index in [9.17, 15) is 4.79 Å². The van der Waals surface area contributed by atoms with E-state index in [1.165, 1.54) is 0 Å². The molecule has 1 heterocycles. The molecule has 1 aromatic carbocycles. The van der Waals surface area contributed by atoms with Crippen LogP contribution in [-0.4, -0.2) is 13.0 Å². The van der Waals surface area contributed by atoms with Crippen LogP contribution in [0.3, 0.4) is 0 Å². The monoisotopic (exact) mass is 189 g/mol. The average molecular weight is 189 g/mol. The van der Waals surface area contributed by atoms with Gasteiger partial charge in [-0.2, -0.15) is 0 Å². The molecule has 2 aromatic rings. The molecular weight excluding hydrogens is 178 g/mol. The van der Waals surface area contributed by atoms with Crippen LogP contribution in [0.15, 0.2) is 28.7 Å². The van der Waals surface area contributed by atoms with Gasteiger partial charge in [0.15, 0.2) is 0 Å². The zero-order valence-electron chi connectivity index (χ0n) is 8.13. The number of hydrogen-bond donors (Lipinski definition) is 1. The lowest BCUT2D eigenvalue weighted by Crippen LogP contribution is -2.17. The van der Waals surface area contributed by atoms with Crippen LogP contribution in [0.1, 0.15) is 16.1 Å². The molecule has 1 aromatic heterocycles. The van der Waals surface area contributed by atoms with Gasteiger partial charge in [-0.15, -0.1) is 0 Å². The molecular formula is C11H11NO2. The fourth-order valence-corrected chi connectivity index (χ4v) is 1.46. The van der Waals surface area contributed by atoms with Gasteiger partial charge in [0.2, 0.25) is 0 Å². The van der Waals surface area contributed by atoms with Crippen LogP contribution in [0.2, 0.25) is 0 Å². The molecule has 0 atom stereocenters. The van der Waals surface area contributed by atoms with Crippen LogP contribution in [0.25, 0.3) is 11.0 Å². The van der Waals surface area contributed by atoms with Gasteiger partial charge in [0.25, 0.3) is 5.91 Å². The van der Waals surface area contributed by atoms with E-state index in [1.807, 2.05) is 25.1 Å². The van der Waals surface area contributed by atoms with Crippen molar-refractivity contribution in [2.24, 2.45) is 0 Å². The second-order valence-corrected chi connectivity index (χ2v) is 3.19. The highest BCUT2D eigenvalue weighted by molar-refractivity contribution is 5.97. The number of benzene rings is 1. The normalized spacial score (nSPS) is 10.4. The molecule has 0 aliphatic rings. The van der Waals surface area contributed by atoms with Crippen LogP contribution < -0.4 is 5.32 Å². The number of fused-ring (bicyclic) bond motifs is 1. The molecule has 0 radical (unpaired) electrons. The Labute approximate surface area is 81.7 Å². The quantitative estimate of drug-likeness (QED) is 0.746. The van der Waals surface area contributed by atoms with Crippen LogP contribution in [0.4, 0.5) is 0 Å². The Morgan fingerprint density at radius 2 is 2.14 bits per heavy atom. The molecule has 3 nitrogen and oxygen atoms in total. The first-order chi connectivity index (χ1) is 6.70. The van der Waals surface area contributed by atoms with E-state index in [0.717, 1.165) is 16.7 Å². The zero-order valence-corrected chi connectivity index (χ0v) is 8.13. The first-order valence-electron chi connectivity index (χ1n) is 4.43. The third-order valence-electron chi connectivity index (χ3n) is 2.13. The highest BCUT2D eigenvalue weighted by Gasteiger charge is 2.05. The number of furan rings is 1. The number of hydrogen-bond acceptors (Lipinski definition) is 2. The second-order valence-electron chi connectivity index (χ2n) is 3.19. The van der Waals surface area contributed by atoms with Crippen molar-refractivity contribution in [2.75, 3.05) is 7.05 Å². The van der Waals surface area contributed by atoms with Gasteiger partial charge in [0, 0.05) is 18.0 Å². The summed E-state index contributed by atoms with van der Waals surface area (Å²) in [5.41, 5.74) is 1.47. The van der Waals surface area contributed by atoms with Gasteiger partial charge in [-0.05, 0) is 31.2 Å². The standard InChI is InChI=1S/C11H11NO2/c1-7-5-9-6-8(11(13)12-2)3-4-10(9)14-7/h3-6H,1-2H3,(H,12,13). The summed E-state index contributed by atoms with van der Waals surface area (Å²) in [6, 6.07) is 7.31. The van der Waals surface area contributed by atoms with Crippen molar-refractivity contribution < 1.29 is 9.21 Å². The molecule has 0 saturated carbocycles. The summed E-state index contributed by atoms with van der Waals surface area (Å²) >= 11 is 0. The number of amides is 1. The Balaban J connectivity index is 2.55. The molecule has 0 spiro atoms. The molecule has 2 rings (SSSR count). The van der Waals surface area contributed by atoms with Crippen molar-refractivity contribution in [1.29, 1.82) is 0 Å². The fraction of sp³-hybridized carbons (Fsp3) is 0.182. The Hall–Kier alpha value is -1.77. The molecule has 72 valence electrons. The topological polar surface area (TPSA) is 42.2 Å². The summed E-state index contributed by atoms with van der Waals surface area (Å²) in [5.74, 6) is 0.778. The van der Waals surface area contributed by atoms with E-state index in [0.29, 0.717) is 5.56 Å². The Morgan fingerprint density at radius 1 is 1.36 bits per heavy atom. The summed E-state index contributed by atoms with van der Waals surface area (Å²) in [5, 5.41) is 3.54. The van der Waals surface area contributed by atoms with E-state index in [1.54, 1.807) is 13.1 Å². The van der Waals surface area contributed by atoms with E-state index in [2.05, 4.69) is 5.32 Å². The lowest BCUT2D eigenvalue weighted by Gasteiger charge is -1.98. The maximum atomic E-state index is 11.3. The minimum absolute atomic E-state index is 0.0780. The molecule has 14 heavy (non-hydrogen) atoms. The minimum Gasteiger partial charge on any atom is -0.461 e. The van der Waals surface area contributed by atoms with Gasteiger partial charge in [0.1, 0.15) is 11.3 Å². The zero-order chi connectivity index (χ0) is 10.1. The Bertz CT molecular complexity index is 485. The predicted molar refractivity (Wildman–Crippen MR) is 54.3 cm³/mol. The smallest absolute Gasteiger partial charge is 0.251 e. The number of rotatable bonds is 1. The predicted octanol–water partition coefficient (Wildman–Crippen LogP) is 2.10. The summed E-state index contributed by atoms with van der Waals surface area (Å²) in [7, 11) is 1.62. The summed E-state index contributed by atoms with van der Waals surface area (Å²) in [6.07, 6.45) is 0. The number of aryl methyl sites for hydroxylation is 1.